The van der Waals surface area contributed by atoms with Gasteiger partial charge in [0.15, 0.2) is 0 Å². The number of aliphatic hydroxyl groups is 1. The Balaban J connectivity index is 1.61. The Labute approximate surface area is 108 Å². The fraction of sp³-hybridized carbons (Fsp3) is 0.600. The molecule has 0 saturated heterocycles. The van der Waals surface area contributed by atoms with Crippen LogP contribution in [0.15, 0.2) is 24.3 Å². The second kappa shape index (κ2) is 4.90. The van der Waals surface area contributed by atoms with Crippen LogP contribution in [0, 0.1) is 0 Å². The minimum Gasteiger partial charge on any atom is -0.491 e. The highest BCUT2D eigenvalue weighted by Gasteiger charge is 2.31. The number of ether oxygens (including phenoxy) is 1. The van der Waals surface area contributed by atoms with Gasteiger partial charge in [0.2, 0.25) is 0 Å². The summed E-state index contributed by atoms with van der Waals surface area (Å²) in [6, 6.07) is 8.37. The molecule has 3 nitrogen and oxygen atoms in total. The van der Waals surface area contributed by atoms with Gasteiger partial charge in [-0.25, -0.2) is 0 Å². The molecule has 1 aromatic rings. The molecule has 1 aromatic carbocycles. The molecule has 0 amide bonds. The zero-order valence-electron chi connectivity index (χ0n) is 10.7. The summed E-state index contributed by atoms with van der Waals surface area (Å²) in [5.74, 6) is 0.977. The Morgan fingerprint density at radius 3 is 2.83 bits per heavy atom. The van der Waals surface area contributed by atoms with Crippen molar-refractivity contribution in [3.05, 3.63) is 29.8 Å². The van der Waals surface area contributed by atoms with E-state index in [1.807, 2.05) is 18.2 Å². The summed E-state index contributed by atoms with van der Waals surface area (Å²) < 4.78 is 5.64. The van der Waals surface area contributed by atoms with Crippen molar-refractivity contribution in [3.8, 4) is 5.75 Å². The number of hydrogen-bond donors (Lipinski definition) is 2. The summed E-state index contributed by atoms with van der Waals surface area (Å²) in [4.78, 5) is 0. The molecule has 2 N–H and O–H groups in total. The molecule has 0 bridgehead atoms. The number of nitrogens with one attached hydrogen (secondary N) is 1. The number of para-hydroxylation sites is 1. The number of hydrogen-bond acceptors (Lipinski definition) is 3. The molecular weight excluding hydrogens is 226 g/mol. The second-order valence-electron chi connectivity index (χ2n) is 5.57. The summed E-state index contributed by atoms with van der Waals surface area (Å²) >= 11 is 0. The lowest BCUT2D eigenvalue weighted by molar-refractivity contribution is 0.00215. The average molecular weight is 247 g/mol. The molecule has 3 rings (SSSR count). The van der Waals surface area contributed by atoms with Gasteiger partial charge in [-0.15, -0.1) is 0 Å². The van der Waals surface area contributed by atoms with Crippen LogP contribution in [0.25, 0.3) is 0 Å². The van der Waals surface area contributed by atoms with Crippen LogP contribution in [0.4, 0.5) is 0 Å². The standard InChI is InChI=1S/C15H21NO2/c17-15(8-4-1-5-9-15)11-16-13-10-18-14-7-3-2-6-12(13)14/h2-3,6-7,13,16-17H,1,4-5,8-11H2. The van der Waals surface area contributed by atoms with Crippen molar-refractivity contribution >= 4 is 0 Å². The molecule has 1 aliphatic carbocycles. The molecule has 0 spiro atoms. The largest absolute Gasteiger partial charge is 0.491 e. The summed E-state index contributed by atoms with van der Waals surface area (Å²) in [5.41, 5.74) is 0.715. The van der Waals surface area contributed by atoms with Gasteiger partial charge in [-0.2, -0.15) is 0 Å². The van der Waals surface area contributed by atoms with Crippen LogP contribution in [0.3, 0.4) is 0 Å². The van der Waals surface area contributed by atoms with Gasteiger partial charge in [-0.3, -0.25) is 0 Å². The van der Waals surface area contributed by atoms with Crippen LogP contribution < -0.4 is 10.1 Å². The van der Waals surface area contributed by atoms with Crippen molar-refractivity contribution in [2.75, 3.05) is 13.2 Å². The molecule has 0 radical (unpaired) electrons. The minimum absolute atomic E-state index is 0.229. The van der Waals surface area contributed by atoms with Crippen LogP contribution in [-0.4, -0.2) is 23.9 Å². The highest BCUT2D eigenvalue weighted by molar-refractivity contribution is 5.39. The summed E-state index contributed by atoms with van der Waals surface area (Å²) in [7, 11) is 0. The van der Waals surface area contributed by atoms with Gasteiger partial charge in [0.1, 0.15) is 12.4 Å². The van der Waals surface area contributed by atoms with Gasteiger partial charge >= 0.3 is 0 Å². The van der Waals surface area contributed by atoms with Crippen molar-refractivity contribution in [3.63, 3.8) is 0 Å². The Kier molecular flexibility index (Phi) is 3.27. The third-order valence-corrected chi connectivity index (χ3v) is 4.16. The van der Waals surface area contributed by atoms with Gasteiger partial charge in [0.25, 0.3) is 0 Å². The smallest absolute Gasteiger partial charge is 0.124 e. The lowest BCUT2D eigenvalue weighted by Crippen LogP contribution is -2.43. The first kappa shape index (κ1) is 12.0. The number of fused-ring (bicyclic) bond motifs is 1. The first-order valence-electron chi connectivity index (χ1n) is 6.94. The Morgan fingerprint density at radius 2 is 2.00 bits per heavy atom. The monoisotopic (exact) mass is 247 g/mol. The van der Waals surface area contributed by atoms with Crippen molar-refractivity contribution < 1.29 is 9.84 Å². The van der Waals surface area contributed by atoms with E-state index in [1.165, 1.54) is 12.0 Å². The van der Waals surface area contributed by atoms with Gasteiger partial charge in [0, 0.05) is 12.1 Å². The van der Waals surface area contributed by atoms with E-state index in [0.717, 1.165) is 31.4 Å². The van der Waals surface area contributed by atoms with E-state index in [4.69, 9.17) is 4.74 Å². The zero-order chi connectivity index (χ0) is 12.4. The fourth-order valence-corrected chi connectivity index (χ4v) is 3.03. The van der Waals surface area contributed by atoms with Gasteiger partial charge < -0.3 is 15.2 Å². The van der Waals surface area contributed by atoms with Crippen molar-refractivity contribution in [1.29, 1.82) is 0 Å². The second-order valence-corrected chi connectivity index (χ2v) is 5.57. The van der Waals surface area contributed by atoms with Crippen molar-refractivity contribution in [1.82, 2.24) is 5.32 Å². The average Bonchev–Trinajstić information content (AvgIpc) is 2.81. The molecule has 1 unspecified atom stereocenters. The molecule has 1 atom stereocenters. The number of rotatable bonds is 3. The molecule has 2 aliphatic rings. The zero-order valence-corrected chi connectivity index (χ0v) is 10.7. The quantitative estimate of drug-likeness (QED) is 0.862. The minimum atomic E-state index is -0.504. The van der Waals surface area contributed by atoms with Gasteiger partial charge in [-0.1, -0.05) is 37.5 Å². The molecule has 1 fully saturated rings. The third kappa shape index (κ3) is 2.38. The fourth-order valence-electron chi connectivity index (χ4n) is 3.03. The van der Waals surface area contributed by atoms with Gasteiger partial charge in [-0.05, 0) is 18.9 Å². The molecule has 0 aromatic heterocycles. The first-order valence-corrected chi connectivity index (χ1v) is 6.94. The van der Waals surface area contributed by atoms with Crippen LogP contribution in [0.2, 0.25) is 0 Å². The molecule has 18 heavy (non-hydrogen) atoms. The third-order valence-electron chi connectivity index (χ3n) is 4.16. The maximum absolute atomic E-state index is 10.5. The molecule has 1 aliphatic heterocycles. The lowest BCUT2D eigenvalue weighted by atomic mass is 9.84. The van der Waals surface area contributed by atoms with E-state index in [1.54, 1.807) is 0 Å². The van der Waals surface area contributed by atoms with Crippen LogP contribution in [-0.2, 0) is 0 Å². The predicted octanol–water partition coefficient (Wildman–Crippen LogP) is 2.40. The SMILES string of the molecule is OC1(CNC2COc3ccccc32)CCCCC1. The normalized spacial score (nSPS) is 25.5. The number of benzene rings is 1. The molecule has 1 saturated carbocycles. The van der Waals surface area contributed by atoms with Crippen LogP contribution in [0.5, 0.6) is 5.75 Å². The van der Waals surface area contributed by atoms with Crippen LogP contribution in [0.1, 0.15) is 43.7 Å². The summed E-state index contributed by atoms with van der Waals surface area (Å²) in [6.45, 7) is 1.35. The van der Waals surface area contributed by atoms with E-state index < -0.39 is 5.60 Å². The van der Waals surface area contributed by atoms with Gasteiger partial charge in [0.05, 0.1) is 11.6 Å². The Morgan fingerprint density at radius 1 is 1.22 bits per heavy atom. The van der Waals surface area contributed by atoms with E-state index in [2.05, 4.69) is 11.4 Å². The van der Waals surface area contributed by atoms with E-state index >= 15 is 0 Å². The highest BCUT2D eigenvalue weighted by atomic mass is 16.5. The van der Waals surface area contributed by atoms with Crippen molar-refractivity contribution in [2.45, 2.75) is 43.7 Å². The molecule has 98 valence electrons. The first-order chi connectivity index (χ1) is 8.77. The predicted molar refractivity (Wildman–Crippen MR) is 70.7 cm³/mol. The molecule has 1 heterocycles. The Hall–Kier alpha value is -1.06. The van der Waals surface area contributed by atoms with E-state index in [9.17, 15) is 5.11 Å². The maximum atomic E-state index is 10.5. The molecular formula is C15H21NO2. The van der Waals surface area contributed by atoms with Crippen LogP contribution >= 0.6 is 0 Å². The summed E-state index contributed by atoms with van der Waals surface area (Å²) in [5, 5.41) is 13.9. The molecule has 3 heteroatoms. The van der Waals surface area contributed by atoms with Crippen molar-refractivity contribution in [2.24, 2.45) is 0 Å². The Bertz CT molecular complexity index is 413. The highest BCUT2D eigenvalue weighted by Crippen LogP contribution is 2.33. The lowest BCUT2D eigenvalue weighted by Gasteiger charge is -2.33. The summed E-state index contributed by atoms with van der Waals surface area (Å²) in [6.07, 6.45) is 5.41. The topological polar surface area (TPSA) is 41.5 Å². The van der Waals surface area contributed by atoms with E-state index in [-0.39, 0.29) is 6.04 Å². The maximum Gasteiger partial charge on any atom is 0.124 e. The van der Waals surface area contributed by atoms with E-state index in [0.29, 0.717) is 13.2 Å².